The third kappa shape index (κ3) is 8.34. The van der Waals surface area contributed by atoms with E-state index in [2.05, 4.69) is 53.4 Å². The Morgan fingerprint density at radius 2 is 1.88 bits per heavy atom. The molecule has 5 heteroatoms. The molecular formula is C20H29IN4. The number of pyridine rings is 1. The molecule has 0 saturated carbocycles. The molecule has 25 heavy (non-hydrogen) atoms. The molecule has 0 saturated heterocycles. The second-order valence-corrected chi connectivity index (χ2v) is 6.26. The van der Waals surface area contributed by atoms with Crippen molar-refractivity contribution in [3.8, 4) is 0 Å². The van der Waals surface area contributed by atoms with Crippen LogP contribution in [0.3, 0.4) is 0 Å². The quantitative estimate of drug-likeness (QED) is 0.276. The number of nitrogens with two attached hydrogens (primary N) is 1. The van der Waals surface area contributed by atoms with Crippen LogP contribution in [0.5, 0.6) is 0 Å². The lowest BCUT2D eigenvalue weighted by Crippen LogP contribution is -2.33. The zero-order valence-corrected chi connectivity index (χ0v) is 17.4. The van der Waals surface area contributed by atoms with Crippen molar-refractivity contribution in [2.75, 3.05) is 13.1 Å². The highest BCUT2D eigenvalue weighted by Gasteiger charge is 1.99. The average molecular weight is 452 g/mol. The van der Waals surface area contributed by atoms with Crippen LogP contribution in [-0.2, 0) is 12.8 Å². The molecule has 0 spiro atoms. The largest absolute Gasteiger partial charge is 0.370 e. The third-order valence-electron chi connectivity index (χ3n) is 3.97. The van der Waals surface area contributed by atoms with Crippen LogP contribution in [0.4, 0.5) is 0 Å². The van der Waals surface area contributed by atoms with Gasteiger partial charge >= 0.3 is 0 Å². The highest BCUT2D eigenvalue weighted by molar-refractivity contribution is 14.0. The maximum absolute atomic E-state index is 5.89. The van der Waals surface area contributed by atoms with E-state index in [4.69, 9.17) is 5.73 Å². The van der Waals surface area contributed by atoms with Crippen LogP contribution in [0.15, 0.2) is 53.7 Å². The Bertz CT molecular complexity index is 624. The molecule has 0 atom stereocenters. The van der Waals surface area contributed by atoms with Crippen LogP contribution in [0, 0.1) is 0 Å². The molecular weight excluding hydrogens is 423 g/mol. The predicted octanol–water partition coefficient (Wildman–Crippen LogP) is 3.90. The summed E-state index contributed by atoms with van der Waals surface area (Å²) in [6.45, 7) is 5.93. The normalized spacial score (nSPS) is 11.2. The molecule has 0 amide bonds. The minimum absolute atomic E-state index is 0. The summed E-state index contributed by atoms with van der Waals surface area (Å²) in [5.74, 6) is 1.10. The Balaban J connectivity index is 0.00000312. The fraction of sp³-hybridized carbons (Fsp3) is 0.400. The summed E-state index contributed by atoms with van der Waals surface area (Å²) in [7, 11) is 0. The number of nitrogens with zero attached hydrogens (tertiary/aromatic N) is 2. The van der Waals surface area contributed by atoms with Gasteiger partial charge in [0.15, 0.2) is 5.96 Å². The number of guanidine groups is 1. The lowest BCUT2D eigenvalue weighted by molar-refractivity contribution is 0.799. The molecule has 0 unspecified atom stereocenters. The maximum Gasteiger partial charge on any atom is 0.188 e. The summed E-state index contributed by atoms with van der Waals surface area (Å²) in [6, 6.07) is 14.8. The van der Waals surface area contributed by atoms with Gasteiger partial charge in [-0.1, -0.05) is 44.2 Å². The first-order valence-corrected chi connectivity index (χ1v) is 8.67. The summed E-state index contributed by atoms with van der Waals surface area (Å²) in [6.07, 6.45) is 4.69. The van der Waals surface area contributed by atoms with Crippen molar-refractivity contribution in [3.05, 3.63) is 65.5 Å². The predicted molar refractivity (Wildman–Crippen MR) is 117 cm³/mol. The van der Waals surface area contributed by atoms with Crippen LogP contribution in [-0.4, -0.2) is 24.0 Å². The topological polar surface area (TPSA) is 63.3 Å². The van der Waals surface area contributed by atoms with E-state index in [1.807, 2.05) is 18.2 Å². The Morgan fingerprint density at radius 1 is 1.12 bits per heavy atom. The molecule has 0 aliphatic rings. The van der Waals surface area contributed by atoms with Gasteiger partial charge in [-0.2, -0.15) is 0 Å². The van der Waals surface area contributed by atoms with E-state index < -0.39 is 0 Å². The minimum atomic E-state index is 0. The molecule has 2 rings (SSSR count). The molecule has 2 aromatic rings. The van der Waals surface area contributed by atoms with Crippen LogP contribution in [0.1, 0.15) is 43.0 Å². The summed E-state index contributed by atoms with van der Waals surface area (Å²) < 4.78 is 0. The zero-order chi connectivity index (χ0) is 17.2. The average Bonchev–Trinajstić information content (AvgIpc) is 2.60. The molecule has 0 fully saturated rings. The van der Waals surface area contributed by atoms with Crippen LogP contribution in [0.25, 0.3) is 0 Å². The molecule has 1 aromatic heterocycles. The number of rotatable bonds is 8. The highest BCUT2D eigenvalue weighted by atomic mass is 127. The summed E-state index contributed by atoms with van der Waals surface area (Å²) in [4.78, 5) is 8.66. The number of hydrogen-bond acceptors (Lipinski definition) is 2. The fourth-order valence-electron chi connectivity index (χ4n) is 2.47. The van der Waals surface area contributed by atoms with E-state index in [-0.39, 0.29) is 24.0 Å². The number of benzene rings is 1. The molecule has 0 radical (unpaired) electrons. The highest BCUT2D eigenvalue weighted by Crippen LogP contribution is 2.15. The van der Waals surface area contributed by atoms with Gasteiger partial charge in [-0.3, -0.25) is 9.98 Å². The second kappa shape index (κ2) is 11.8. The first kappa shape index (κ1) is 21.4. The first-order chi connectivity index (χ1) is 11.6. The van der Waals surface area contributed by atoms with Gasteiger partial charge in [-0.25, -0.2) is 0 Å². The standard InChI is InChI=1S/C20H28N4.HI/c1-16(2)18-10-8-17(9-11-18)6-5-14-23-20(21)24-15-12-19-7-3-4-13-22-19;/h3-4,7-11,13,16H,5-6,12,14-15H2,1-2H3,(H3,21,23,24);1H. The van der Waals surface area contributed by atoms with Crippen LogP contribution in [0.2, 0.25) is 0 Å². The van der Waals surface area contributed by atoms with Gasteiger partial charge in [-0.05, 0) is 42.0 Å². The molecule has 3 N–H and O–H groups in total. The number of aromatic nitrogens is 1. The van der Waals surface area contributed by atoms with Crippen molar-refractivity contribution in [2.24, 2.45) is 10.7 Å². The number of nitrogens with one attached hydrogen (secondary N) is 1. The lowest BCUT2D eigenvalue weighted by atomic mass is 10.0. The molecule has 0 aliphatic heterocycles. The molecule has 1 heterocycles. The Kier molecular flexibility index (Phi) is 10.1. The second-order valence-electron chi connectivity index (χ2n) is 6.26. The Morgan fingerprint density at radius 3 is 2.52 bits per heavy atom. The summed E-state index contributed by atoms with van der Waals surface area (Å²) in [5.41, 5.74) is 9.69. The number of aliphatic imine (C=N–C) groups is 1. The van der Waals surface area contributed by atoms with Gasteiger partial charge < -0.3 is 11.1 Å². The lowest BCUT2D eigenvalue weighted by Gasteiger charge is -2.07. The molecule has 0 bridgehead atoms. The molecule has 0 aliphatic carbocycles. The fourth-order valence-corrected chi connectivity index (χ4v) is 2.47. The van der Waals surface area contributed by atoms with E-state index in [0.29, 0.717) is 11.9 Å². The summed E-state index contributed by atoms with van der Waals surface area (Å²) >= 11 is 0. The first-order valence-electron chi connectivity index (χ1n) is 8.67. The van der Waals surface area contributed by atoms with Gasteiger partial charge in [0.05, 0.1) is 0 Å². The minimum Gasteiger partial charge on any atom is -0.370 e. The van der Waals surface area contributed by atoms with Crippen molar-refractivity contribution in [2.45, 2.75) is 39.0 Å². The van der Waals surface area contributed by atoms with Gasteiger partial charge in [0.1, 0.15) is 0 Å². The molecule has 1 aromatic carbocycles. The number of hydrogen-bond donors (Lipinski definition) is 2. The monoisotopic (exact) mass is 452 g/mol. The maximum atomic E-state index is 5.89. The van der Waals surface area contributed by atoms with Gasteiger partial charge in [0, 0.05) is 31.4 Å². The number of aryl methyl sites for hydroxylation is 1. The number of halogens is 1. The van der Waals surface area contributed by atoms with Crippen molar-refractivity contribution in [3.63, 3.8) is 0 Å². The van der Waals surface area contributed by atoms with Gasteiger partial charge in [-0.15, -0.1) is 24.0 Å². The Labute approximate surface area is 168 Å². The summed E-state index contributed by atoms with van der Waals surface area (Å²) in [5, 5.41) is 3.14. The smallest absolute Gasteiger partial charge is 0.188 e. The van der Waals surface area contributed by atoms with Crippen molar-refractivity contribution < 1.29 is 0 Å². The van der Waals surface area contributed by atoms with Crippen LogP contribution >= 0.6 is 24.0 Å². The third-order valence-corrected chi connectivity index (χ3v) is 3.97. The van der Waals surface area contributed by atoms with Gasteiger partial charge in [0.2, 0.25) is 0 Å². The van der Waals surface area contributed by atoms with E-state index in [1.165, 1.54) is 11.1 Å². The zero-order valence-electron chi connectivity index (χ0n) is 15.1. The van der Waals surface area contributed by atoms with Crippen LogP contribution < -0.4 is 11.1 Å². The SMILES string of the molecule is CC(C)c1ccc(CCCN=C(N)NCCc2ccccn2)cc1.I. The van der Waals surface area contributed by atoms with E-state index >= 15 is 0 Å². The molecule has 136 valence electrons. The van der Waals surface area contributed by atoms with Crippen molar-refractivity contribution in [1.82, 2.24) is 10.3 Å². The van der Waals surface area contributed by atoms with E-state index in [0.717, 1.165) is 38.0 Å². The van der Waals surface area contributed by atoms with Gasteiger partial charge in [0.25, 0.3) is 0 Å². The Hall–Kier alpha value is -1.63. The van der Waals surface area contributed by atoms with Crippen molar-refractivity contribution in [1.29, 1.82) is 0 Å². The van der Waals surface area contributed by atoms with Crippen molar-refractivity contribution >= 4 is 29.9 Å². The van der Waals surface area contributed by atoms with E-state index in [9.17, 15) is 0 Å². The molecule has 4 nitrogen and oxygen atoms in total. The van der Waals surface area contributed by atoms with E-state index in [1.54, 1.807) is 6.20 Å².